The van der Waals surface area contributed by atoms with Gasteiger partial charge in [0.1, 0.15) is 0 Å². The summed E-state index contributed by atoms with van der Waals surface area (Å²) in [5.41, 5.74) is 0.929. The van der Waals surface area contributed by atoms with Crippen LogP contribution >= 0.6 is 0 Å². The zero-order valence-corrected chi connectivity index (χ0v) is 6.38. The standard InChI is InChI=1S/C9H11NO/c10-6-7-5-9(3-4-9)2-1-8(7)11/h5,8,11H,1-4H2. The fraction of sp³-hybridized carbons (Fsp3) is 0.667. The Hall–Kier alpha value is -0.810. The molecule has 0 bridgehead atoms. The van der Waals surface area contributed by atoms with Gasteiger partial charge in [-0.3, -0.25) is 0 Å². The summed E-state index contributed by atoms with van der Waals surface area (Å²) in [5.74, 6) is 0. The minimum Gasteiger partial charge on any atom is -0.388 e. The van der Waals surface area contributed by atoms with Crippen molar-refractivity contribution >= 4 is 0 Å². The Balaban J connectivity index is 2.25. The van der Waals surface area contributed by atoms with Crippen molar-refractivity contribution < 1.29 is 5.11 Å². The first-order chi connectivity index (χ1) is 5.26. The van der Waals surface area contributed by atoms with Gasteiger partial charge in [0.2, 0.25) is 0 Å². The monoisotopic (exact) mass is 149 g/mol. The van der Waals surface area contributed by atoms with Crippen LogP contribution in [0.2, 0.25) is 0 Å². The van der Waals surface area contributed by atoms with Crippen molar-refractivity contribution in [1.29, 1.82) is 5.26 Å². The largest absolute Gasteiger partial charge is 0.388 e. The van der Waals surface area contributed by atoms with Gasteiger partial charge in [-0.1, -0.05) is 6.08 Å². The second-order valence-corrected chi connectivity index (χ2v) is 3.63. The number of hydrogen-bond acceptors (Lipinski definition) is 2. The summed E-state index contributed by atoms with van der Waals surface area (Å²) >= 11 is 0. The summed E-state index contributed by atoms with van der Waals surface area (Å²) in [7, 11) is 0. The predicted octanol–water partition coefficient (Wildman–Crippen LogP) is 1.37. The number of nitriles is 1. The summed E-state index contributed by atoms with van der Waals surface area (Å²) in [5, 5.41) is 18.0. The van der Waals surface area contributed by atoms with E-state index in [4.69, 9.17) is 5.26 Å². The number of hydrogen-bond donors (Lipinski definition) is 1. The average Bonchev–Trinajstić information content (AvgIpc) is 2.76. The van der Waals surface area contributed by atoms with Crippen LogP contribution in [0.1, 0.15) is 25.7 Å². The normalized spacial score (nSPS) is 32.7. The Morgan fingerprint density at radius 3 is 2.82 bits per heavy atom. The van der Waals surface area contributed by atoms with Crippen LogP contribution in [0.4, 0.5) is 0 Å². The van der Waals surface area contributed by atoms with Crippen molar-refractivity contribution in [1.82, 2.24) is 0 Å². The van der Waals surface area contributed by atoms with Gasteiger partial charge in [0.05, 0.1) is 17.7 Å². The van der Waals surface area contributed by atoms with Crippen LogP contribution in [0.3, 0.4) is 0 Å². The lowest BCUT2D eigenvalue weighted by Crippen LogP contribution is -2.18. The van der Waals surface area contributed by atoms with Crippen LogP contribution in [-0.4, -0.2) is 11.2 Å². The minimum atomic E-state index is -0.480. The molecule has 2 aliphatic carbocycles. The van der Waals surface area contributed by atoms with Crippen molar-refractivity contribution in [3.63, 3.8) is 0 Å². The smallest absolute Gasteiger partial charge is 0.0971 e. The molecule has 0 saturated heterocycles. The van der Waals surface area contributed by atoms with Crippen LogP contribution in [0.5, 0.6) is 0 Å². The van der Waals surface area contributed by atoms with E-state index in [1.54, 1.807) is 0 Å². The third-order valence-electron chi connectivity index (χ3n) is 2.76. The molecule has 0 amide bonds. The van der Waals surface area contributed by atoms with E-state index in [1.807, 2.05) is 6.08 Å². The molecular formula is C9H11NO. The number of rotatable bonds is 0. The molecule has 0 aromatic heterocycles. The van der Waals surface area contributed by atoms with E-state index in [0.717, 1.165) is 12.8 Å². The molecule has 1 spiro atoms. The van der Waals surface area contributed by atoms with Crippen LogP contribution in [0, 0.1) is 16.7 Å². The van der Waals surface area contributed by atoms with Crippen molar-refractivity contribution in [3.8, 4) is 6.07 Å². The number of allylic oxidation sites excluding steroid dienone is 1. The van der Waals surface area contributed by atoms with Gasteiger partial charge >= 0.3 is 0 Å². The minimum absolute atomic E-state index is 0.338. The number of aliphatic hydroxyl groups is 1. The predicted molar refractivity (Wildman–Crippen MR) is 40.6 cm³/mol. The van der Waals surface area contributed by atoms with E-state index in [9.17, 15) is 5.11 Å². The molecule has 2 heteroatoms. The average molecular weight is 149 g/mol. The van der Waals surface area contributed by atoms with Gasteiger partial charge in [-0.2, -0.15) is 5.26 Å². The Morgan fingerprint density at radius 1 is 1.55 bits per heavy atom. The lowest BCUT2D eigenvalue weighted by molar-refractivity contribution is 0.184. The molecule has 2 nitrogen and oxygen atoms in total. The van der Waals surface area contributed by atoms with Crippen LogP contribution in [0.25, 0.3) is 0 Å². The zero-order valence-electron chi connectivity index (χ0n) is 6.38. The summed E-state index contributed by atoms with van der Waals surface area (Å²) in [6.07, 6.45) is 5.78. The fourth-order valence-electron chi connectivity index (χ4n) is 1.74. The molecule has 2 rings (SSSR count). The summed E-state index contributed by atoms with van der Waals surface area (Å²) in [4.78, 5) is 0. The van der Waals surface area contributed by atoms with Gasteiger partial charge in [-0.15, -0.1) is 0 Å². The van der Waals surface area contributed by atoms with Gasteiger partial charge in [-0.05, 0) is 31.1 Å². The first-order valence-corrected chi connectivity index (χ1v) is 4.07. The Morgan fingerprint density at radius 2 is 2.27 bits per heavy atom. The lowest BCUT2D eigenvalue weighted by atomic mass is 9.87. The molecule has 1 atom stereocenters. The SMILES string of the molecule is N#CC1=CC2(CCC1O)CC2. The molecule has 0 radical (unpaired) electrons. The highest BCUT2D eigenvalue weighted by Crippen LogP contribution is 2.54. The molecule has 1 fully saturated rings. The van der Waals surface area contributed by atoms with Gasteiger partial charge < -0.3 is 5.11 Å². The van der Waals surface area contributed by atoms with Crippen LogP contribution < -0.4 is 0 Å². The second-order valence-electron chi connectivity index (χ2n) is 3.63. The molecule has 0 aromatic carbocycles. The van der Waals surface area contributed by atoms with E-state index in [2.05, 4.69) is 6.07 Å². The third-order valence-corrected chi connectivity index (χ3v) is 2.76. The molecule has 0 aliphatic heterocycles. The van der Waals surface area contributed by atoms with E-state index >= 15 is 0 Å². The first-order valence-electron chi connectivity index (χ1n) is 4.07. The highest BCUT2D eigenvalue weighted by molar-refractivity contribution is 5.32. The van der Waals surface area contributed by atoms with E-state index in [1.165, 1.54) is 12.8 Å². The van der Waals surface area contributed by atoms with Gasteiger partial charge in [0.25, 0.3) is 0 Å². The van der Waals surface area contributed by atoms with Gasteiger partial charge in [-0.25, -0.2) is 0 Å². The topological polar surface area (TPSA) is 44.0 Å². The molecule has 1 unspecified atom stereocenters. The van der Waals surface area contributed by atoms with Gasteiger partial charge in [0, 0.05) is 0 Å². The first kappa shape index (κ1) is 6.87. The van der Waals surface area contributed by atoms with Crippen molar-refractivity contribution in [2.45, 2.75) is 31.8 Å². The van der Waals surface area contributed by atoms with E-state index in [0.29, 0.717) is 11.0 Å². The maximum Gasteiger partial charge on any atom is 0.0971 e. The maximum absolute atomic E-state index is 9.34. The molecule has 0 aromatic rings. The molecular weight excluding hydrogens is 138 g/mol. The fourth-order valence-corrected chi connectivity index (χ4v) is 1.74. The Labute approximate surface area is 66.1 Å². The second kappa shape index (κ2) is 2.09. The van der Waals surface area contributed by atoms with Crippen molar-refractivity contribution in [2.75, 3.05) is 0 Å². The third kappa shape index (κ3) is 1.06. The van der Waals surface area contributed by atoms with Gasteiger partial charge in [0.15, 0.2) is 0 Å². The van der Waals surface area contributed by atoms with E-state index < -0.39 is 6.10 Å². The molecule has 11 heavy (non-hydrogen) atoms. The maximum atomic E-state index is 9.34. The molecule has 0 heterocycles. The highest BCUT2D eigenvalue weighted by Gasteiger charge is 2.43. The van der Waals surface area contributed by atoms with Crippen LogP contribution in [-0.2, 0) is 0 Å². The number of nitrogens with zero attached hydrogens (tertiary/aromatic N) is 1. The summed E-state index contributed by atoms with van der Waals surface area (Å²) in [6.45, 7) is 0. The molecule has 1 saturated carbocycles. The summed E-state index contributed by atoms with van der Waals surface area (Å²) in [6, 6.07) is 2.06. The lowest BCUT2D eigenvalue weighted by Gasteiger charge is -2.20. The van der Waals surface area contributed by atoms with Crippen molar-refractivity contribution in [3.05, 3.63) is 11.6 Å². The number of aliphatic hydroxyl groups excluding tert-OH is 1. The highest BCUT2D eigenvalue weighted by atomic mass is 16.3. The van der Waals surface area contributed by atoms with E-state index in [-0.39, 0.29) is 0 Å². The zero-order chi connectivity index (χ0) is 7.90. The quantitative estimate of drug-likeness (QED) is 0.565. The molecule has 2 aliphatic rings. The summed E-state index contributed by atoms with van der Waals surface area (Å²) < 4.78 is 0. The van der Waals surface area contributed by atoms with Crippen molar-refractivity contribution in [2.24, 2.45) is 5.41 Å². The Bertz CT molecular complexity index is 245. The Kier molecular flexibility index (Phi) is 1.30. The molecule has 1 N–H and O–H groups in total. The molecule has 58 valence electrons. The van der Waals surface area contributed by atoms with Crippen LogP contribution in [0.15, 0.2) is 11.6 Å².